The molecule has 28 heavy (non-hydrogen) atoms. The number of benzene rings is 1. The van der Waals surface area contributed by atoms with E-state index >= 15 is 0 Å². The number of ether oxygens (including phenoxy) is 1. The molecule has 1 fully saturated rings. The van der Waals surface area contributed by atoms with Crippen LogP contribution >= 0.6 is 0 Å². The van der Waals surface area contributed by atoms with Crippen molar-refractivity contribution in [3.63, 3.8) is 0 Å². The molecule has 0 radical (unpaired) electrons. The lowest BCUT2D eigenvalue weighted by atomic mass is 10.1. The topological polar surface area (TPSA) is 74.8 Å². The fourth-order valence-electron chi connectivity index (χ4n) is 2.62. The first kappa shape index (κ1) is 22.0. The average Bonchev–Trinajstić information content (AvgIpc) is 3.50. The standard InChI is InChI=1S/C21H33FN4O2/c1-5-14(2)25-20(27)10-11-24-21(23-4)26-15(3)17-8-9-19(18(22)12-17)28-13-16-6-7-16/h8-9,12,14-16H,5-7,10-11,13H2,1-4H3,(H,25,27)(H2,23,24,26). The summed E-state index contributed by atoms with van der Waals surface area (Å²) in [6.45, 7) is 7.00. The summed E-state index contributed by atoms with van der Waals surface area (Å²) in [7, 11) is 1.66. The number of hydrogen-bond donors (Lipinski definition) is 3. The van der Waals surface area contributed by atoms with E-state index in [0.29, 0.717) is 37.2 Å². The molecule has 0 aromatic heterocycles. The molecule has 2 unspecified atom stereocenters. The zero-order chi connectivity index (χ0) is 20.5. The number of rotatable bonds is 10. The van der Waals surface area contributed by atoms with Crippen LogP contribution in [-0.2, 0) is 4.79 Å². The van der Waals surface area contributed by atoms with Gasteiger partial charge in [0.2, 0.25) is 5.91 Å². The number of aliphatic imine (C=N–C) groups is 1. The summed E-state index contributed by atoms with van der Waals surface area (Å²) in [6, 6.07) is 5.06. The molecular formula is C21H33FN4O2. The third-order valence-corrected chi connectivity index (χ3v) is 4.87. The van der Waals surface area contributed by atoms with Crippen LogP contribution in [0.5, 0.6) is 5.75 Å². The number of amides is 1. The summed E-state index contributed by atoms with van der Waals surface area (Å²) in [6.07, 6.45) is 3.61. The minimum absolute atomic E-state index is 0.00853. The van der Waals surface area contributed by atoms with Crippen LogP contribution in [0.4, 0.5) is 4.39 Å². The first-order chi connectivity index (χ1) is 13.4. The van der Waals surface area contributed by atoms with Gasteiger partial charge in [0.15, 0.2) is 17.5 Å². The predicted molar refractivity (Wildman–Crippen MR) is 110 cm³/mol. The molecule has 156 valence electrons. The maximum atomic E-state index is 14.3. The van der Waals surface area contributed by atoms with Gasteiger partial charge in [-0.05, 0) is 56.7 Å². The summed E-state index contributed by atoms with van der Waals surface area (Å²) in [5.74, 6) is 1.11. The van der Waals surface area contributed by atoms with Crippen LogP contribution in [0.3, 0.4) is 0 Å². The fraction of sp³-hybridized carbons (Fsp3) is 0.619. The van der Waals surface area contributed by atoms with Gasteiger partial charge in [0, 0.05) is 26.1 Å². The largest absolute Gasteiger partial charge is 0.490 e. The molecule has 1 saturated carbocycles. The maximum absolute atomic E-state index is 14.3. The Bertz CT molecular complexity index is 676. The Morgan fingerprint density at radius 1 is 1.32 bits per heavy atom. The van der Waals surface area contributed by atoms with Gasteiger partial charge in [0.1, 0.15) is 0 Å². The molecule has 2 atom stereocenters. The highest BCUT2D eigenvalue weighted by atomic mass is 19.1. The predicted octanol–water partition coefficient (Wildman–Crippen LogP) is 3.15. The van der Waals surface area contributed by atoms with Crippen LogP contribution in [0.1, 0.15) is 58.1 Å². The average molecular weight is 393 g/mol. The van der Waals surface area contributed by atoms with E-state index < -0.39 is 0 Å². The Morgan fingerprint density at radius 2 is 2.07 bits per heavy atom. The van der Waals surface area contributed by atoms with Gasteiger partial charge in [-0.1, -0.05) is 13.0 Å². The van der Waals surface area contributed by atoms with Gasteiger partial charge >= 0.3 is 0 Å². The van der Waals surface area contributed by atoms with Crippen LogP contribution in [0.15, 0.2) is 23.2 Å². The van der Waals surface area contributed by atoms with Crippen molar-refractivity contribution in [3.8, 4) is 5.75 Å². The van der Waals surface area contributed by atoms with Gasteiger partial charge in [-0.15, -0.1) is 0 Å². The van der Waals surface area contributed by atoms with Crippen molar-refractivity contribution in [2.45, 2.75) is 58.5 Å². The number of guanidine groups is 1. The number of carbonyl (C=O) groups is 1. The molecule has 0 saturated heterocycles. The Labute approximate surface area is 167 Å². The van der Waals surface area contributed by atoms with E-state index in [1.54, 1.807) is 13.1 Å². The quantitative estimate of drug-likeness (QED) is 0.422. The van der Waals surface area contributed by atoms with E-state index in [0.717, 1.165) is 12.0 Å². The number of halogens is 1. The lowest BCUT2D eigenvalue weighted by Gasteiger charge is -2.19. The molecule has 1 aromatic carbocycles. The number of hydrogen-bond acceptors (Lipinski definition) is 3. The van der Waals surface area contributed by atoms with E-state index in [4.69, 9.17) is 4.74 Å². The van der Waals surface area contributed by atoms with E-state index in [-0.39, 0.29) is 23.8 Å². The summed E-state index contributed by atoms with van der Waals surface area (Å²) in [5.41, 5.74) is 0.800. The first-order valence-electron chi connectivity index (χ1n) is 10.1. The molecule has 3 N–H and O–H groups in total. The highest BCUT2D eigenvalue weighted by Gasteiger charge is 2.22. The summed E-state index contributed by atoms with van der Waals surface area (Å²) >= 11 is 0. The van der Waals surface area contributed by atoms with Gasteiger partial charge < -0.3 is 20.7 Å². The Kier molecular flexibility index (Phi) is 8.54. The highest BCUT2D eigenvalue weighted by Crippen LogP contribution is 2.30. The zero-order valence-corrected chi connectivity index (χ0v) is 17.3. The lowest BCUT2D eigenvalue weighted by molar-refractivity contribution is -0.121. The molecule has 0 bridgehead atoms. The molecule has 1 amide bonds. The van der Waals surface area contributed by atoms with Crippen LogP contribution in [0.2, 0.25) is 0 Å². The SMILES string of the molecule is CCC(C)NC(=O)CCNC(=NC)NC(C)c1ccc(OCC2CC2)c(F)c1. The van der Waals surface area contributed by atoms with Crippen molar-refractivity contribution in [2.75, 3.05) is 20.2 Å². The first-order valence-corrected chi connectivity index (χ1v) is 10.1. The summed E-state index contributed by atoms with van der Waals surface area (Å²) in [5, 5.41) is 9.26. The summed E-state index contributed by atoms with van der Waals surface area (Å²) < 4.78 is 19.8. The molecule has 0 heterocycles. The molecule has 6 nitrogen and oxygen atoms in total. The fourth-order valence-corrected chi connectivity index (χ4v) is 2.62. The van der Waals surface area contributed by atoms with Gasteiger partial charge in [-0.3, -0.25) is 9.79 Å². The van der Waals surface area contributed by atoms with Crippen molar-refractivity contribution in [2.24, 2.45) is 10.9 Å². The smallest absolute Gasteiger partial charge is 0.221 e. The maximum Gasteiger partial charge on any atom is 0.221 e. The van der Waals surface area contributed by atoms with Crippen molar-refractivity contribution in [1.29, 1.82) is 0 Å². The van der Waals surface area contributed by atoms with Crippen molar-refractivity contribution >= 4 is 11.9 Å². The molecule has 2 rings (SSSR count). The Hall–Kier alpha value is -2.31. The van der Waals surface area contributed by atoms with E-state index in [9.17, 15) is 9.18 Å². The molecule has 0 aliphatic heterocycles. The second-order valence-electron chi connectivity index (χ2n) is 7.44. The molecular weight excluding hydrogens is 359 g/mol. The van der Waals surface area contributed by atoms with Gasteiger partial charge in [0.05, 0.1) is 12.6 Å². The normalized spacial score (nSPS) is 16.2. The van der Waals surface area contributed by atoms with E-state index in [2.05, 4.69) is 20.9 Å². The van der Waals surface area contributed by atoms with Crippen molar-refractivity contribution in [3.05, 3.63) is 29.6 Å². The van der Waals surface area contributed by atoms with Gasteiger partial charge in [-0.2, -0.15) is 0 Å². The number of nitrogens with zero attached hydrogens (tertiary/aromatic N) is 1. The zero-order valence-electron chi connectivity index (χ0n) is 17.3. The summed E-state index contributed by atoms with van der Waals surface area (Å²) in [4.78, 5) is 16.0. The minimum atomic E-state index is -0.350. The molecule has 1 aliphatic carbocycles. The minimum Gasteiger partial charge on any atom is -0.490 e. The second kappa shape index (κ2) is 10.9. The Morgan fingerprint density at radius 3 is 2.68 bits per heavy atom. The molecule has 7 heteroatoms. The number of carbonyl (C=O) groups excluding carboxylic acids is 1. The van der Waals surface area contributed by atoms with Gasteiger partial charge in [0.25, 0.3) is 0 Å². The third-order valence-electron chi connectivity index (χ3n) is 4.87. The van der Waals surface area contributed by atoms with Crippen molar-refractivity contribution in [1.82, 2.24) is 16.0 Å². The van der Waals surface area contributed by atoms with Gasteiger partial charge in [-0.25, -0.2) is 4.39 Å². The van der Waals surface area contributed by atoms with Crippen molar-refractivity contribution < 1.29 is 13.9 Å². The third kappa shape index (κ3) is 7.37. The van der Waals surface area contributed by atoms with Crippen LogP contribution in [0.25, 0.3) is 0 Å². The van der Waals surface area contributed by atoms with Crippen LogP contribution in [0, 0.1) is 11.7 Å². The Balaban J connectivity index is 1.79. The van der Waals surface area contributed by atoms with Crippen LogP contribution in [-0.4, -0.2) is 38.1 Å². The highest BCUT2D eigenvalue weighted by molar-refractivity contribution is 5.81. The molecule has 0 spiro atoms. The van der Waals surface area contributed by atoms with Crippen LogP contribution < -0.4 is 20.7 Å². The van der Waals surface area contributed by atoms with E-state index in [1.165, 1.54) is 18.9 Å². The molecule has 1 aliphatic rings. The second-order valence-corrected chi connectivity index (χ2v) is 7.44. The molecule has 1 aromatic rings. The monoisotopic (exact) mass is 392 g/mol. The van der Waals surface area contributed by atoms with E-state index in [1.807, 2.05) is 26.8 Å². The lowest BCUT2D eigenvalue weighted by Crippen LogP contribution is -2.41. The number of nitrogens with one attached hydrogen (secondary N) is 3.